The Balaban J connectivity index is 1.59. The molecule has 158 valence electrons. The highest BCUT2D eigenvalue weighted by Crippen LogP contribution is 2.35. The van der Waals surface area contributed by atoms with Gasteiger partial charge in [0.05, 0.1) is 22.6 Å². The minimum absolute atomic E-state index is 0.0268. The molecule has 3 N–H and O–H groups in total. The maximum absolute atomic E-state index is 13.1. The van der Waals surface area contributed by atoms with E-state index in [4.69, 9.17) is 5.11 Å². The number of aromatic nitrogens is 1. The molecule has 0 aliphatic rings. The molecule has 0 aliphatic carbocycles. The predicted octanol–water partition coefficient (Wildman–Crippen LogP) is 5.11. The monoisotopic (exact) mass is 455 g/mol. The zero-order valence-corrected chi connectivity index (χ0v) is 17.0. The van der Waals surface area contributed by atoms with Gasteiger partial charge in [0, 0.05) is 28.9 Å². The van der Waals surface area contributed by atoms with Crippen LogP contribution in [0.15, 0.2) is 41.8 Å². The molecule has 0 bridgehead atoms. The molecule has 0 aliphatic heterocycles. The number of halogens is 3. The Bertz CT molecular complexity index is 1050. The standard InChI is InChI=1S/C19H16F3N3O3S2/c20-19(21,22)13-3-1-2-4-14(13)23-9-12-6-7-15(30-12)17(28)25-18-24-11(10-29-18)5-8-16(26)27/h1-4,6-7,10,23H,5,8-9H2,(H,26,27)(H,24,25,28). The van der Waals surface area contributed by atoms with E-state index in [-0.39, 0.29) is 31.0 Å². The summed E-state index contributed by atoms with van der Waals surface area (Å²) < 4.78 is 39.2. The number of nitrogens with zero attached hydrogens (tertiary/aromatic N) is 1. The van der Waals surface area contributed by atoms with Gasteiger partial charge < -0.3 is 10.4 Å². The summed E-state index contributed by atoms with van der Waals surface area (Å²) in [6.45, 7) is 0.141. The van der Waals surface area contributed by atoms with Crippen LogP contribution in [0.2, 0.25) is 0 Å². The number of carboxylic acid groups (broad SMARTS) is 1. The lowest BCUT2D eigenvalue weighted by Crippen LogP contribution is -2.10. The Labute approximate surface area is 177 Å². The molecular formula is C19H16F3N3O3S2. The minimum Gasteiger partial charge on any atom is -0.481 e. The SMILES string of the molecule is O=C(O)CCc1csc(NC(=O)c2ccc(CNc3ccccc3C(F)(F)F)s2)n1. The number of aliphatic carboxylic acids is 1. The van der Waals surface area contributed by atoms with Crippen LogP contribution in [0.1, 0.15) is 32.2 Å². The topological polar surface area (TPSA) is 91.3 Å². The number of thiazole rings is 1. The highest BCUT2D eigenvalue weighted by Gasteiger charge is 2.33. The van der Waals surface area contributed by atoms with E-state index in [1.165, 1.54) is 29.5 Å². The number of anilines is 2. The van der Waals surface area contributed by atoms with Crippen molar-refractivity contribution in [3.8, 4) is 0 Å². The van der Waals surface area contributed by atoms with Gasteiger partial charge in [-0.1, -0.05) is 12.1 Å². The van der Waals surface area contributed by atoms with Crippen LogP contribution in [0.4, 0.5) is 24.0 Å². The first-order valence-electron chi connectivity index (χ1n) is 8.69. The van der Waals surface area contributed by atoms with Crippen LogP contribution in [0.3, 0.4) is 0 Å². The summed E-state index contributed by atoms with van der Waals surface area (Å²) in [5.74, 6) is -1.31. The Morgan fingerprint density at radius 3 is 2.63 bits per heavy atom. The number of nitrogens with one attached hydrogen (secondary N) is 2. The molecule has 0 saturated carbocycles. The zero-order chi connectivity index (χ0) is 21.7. The molecule has 6 nitrogen and oxygen atoms in total. The number of carbonyl (C=O) groups excluding carboxylic acids is 1. The summed E-state index contributed by atoms with van der Waals surface area (Å²) in [6.07, 6.45) is -4.23. The molecule has 0 saturated heterocycles. The summed E-state index contributed by atoms with van der Waals surface area (Å²) in [5, 5.41) is 16.1. The van der Waals surface area contributed by atoms with Gasteiger partial charge in [-0.2, -0.15) is 13.2 Å². The van der Waals surface area contributed by atoms with E-state index in [9.17, 15) is 22.8 Å². The smallest absolute Gasteiger partial charge is 0.418 e. The molecule has 0 fully saturated rings. The van der Waals surface area contributed by atoms with Gasteiger partial charge in [0.1, 0.15) is 0 Å². The number of hydrogen-bond acceptors (Lipinski definition) is 6. The predicted molar refractivity (Wildman–Crippen MR) is 109 cm³/mol. The van der Waals surface area contributed by atoms with Crippen LogP contribution >= 0.6 is 22.7 Å². The molecular weight excluding hydrogens is 439 g/mol. The average Bonchev–Trinajstić information content (AvgIpc) is 3.33. The summed E-state index contributed by atoms with van der Waals surface area (Å²) in [7, 11) is 0. The molecule has 2 heterocycles. The van der Waals surface area contributed by atoms with Crippen molar-refractivity contribution in [2.45, 2.75) is 25.6 Å². The normalized spacial score (nSPS) is 11.3. The molecule has 0 atom stereocenters. The lowest BCUT2D eigenvalue weighted by molar-refractivity contribution is -0.137. The number of aryl methyl sites for hydroxylation is 1. The molecule has 0 radical (unpaired) electrons. The number of benzene rings is 1. The molecule has 1 aromatic carbocycles. The Morgan fingerprint density at radius 2 is 1.90 bits per heavy atom. The second kappa shape index (κ2) is 9.26. The maximum atomic E-state index is 13.1. The largest absolute Gasteiger partial charge is 0.481 e. The fourth-order valence-electron chi connectivity index (χ4n) is 2.53. The quantitative estimate of drug-likeness (QED) is 0.439. The number of amides is 1. The first kappa shape index (κ1) is 21.8. The van der Waals surface area contributed by atoms with Crippen molar-refractivity contribution in [1.29, 1.82) is 0 Å². The average molecular weight is 455 g/mol. The van der Waals surface area contributed by atoms with Crippen molar-refractivity contribution in [1.82, 2.24) is 4.98 Å². The molecule has 3 rings (SSSR count). The highest BCUT2D eigenvalue weighted by atomic mass is 32.1. The fourth-order valence-corrected chi connectivity index (χ4v) is 4.12. The van der Waals surface area contributed by atoms with Gasteiger partial charge in [-0.05, 0) is 24.3 Å². The van der Waals surface area contributed by atoms with E-state index in [1.807, 2.05) is 0 Å². The number of carbonyl (C=O) groups is 2. The zero-order valence-electron chi connectivity index (χ0n) is 15.3. The van der Waals surface area contributed by atoms with Crippen molar-refractivity contribution in [3.63, 3.8) is 0 Å². The van der Waals surface area contributed by atoms with Crippen LogP contribution in [0.5, 0.6) is 0 Å². The summed E-state index contributed by atoms with van der Waals surface area (Å²) in [4.78, 5) is 28.2. The third-order valence-electron chi connectivity index (χ3n) is 3.94. The maximum Gasteiger partial charge on any atom is 0.418 e. The number of para-hydroxylation sites is 1. The number of hydrogen-bond donors (Lipinski definition) is 3. The summed E-state index contributed by atoms with van der Waals surface area (Å²) in [6, 6.07) is 8.47. The van der Waals surface area contributed by atoms with Crippen LogP contribution in [-0.4, -0.2) is 22.0 Å². The van der Waals surface area contributed by atoms with Gasteiger partial charge in [-0.3, -0.25) is 14.9 Å². The van der Waals surface area contributed by atoms with E-state index in [0.717, 1.165) is 17.4 Å². The van der Waals surface area contributed by atoms with E-state index in [1.54, 1.807) is 17.5 Å². The van der Waals surface area contributed by atoms with Crippen LogP contribution in [-0.2, 0) is 23.9 Å². The molecule has 11 heteroatoms. The molecule has 30 heavy (non-hydrogen) atoms. The van der Waals surface area contributed by atoms with Crippen LogP contribution in [0, 0.1) is 0 Å². The molecule has 2 aromatic heterocycles. The van der Waals surface area contributed by atoms with Crippen LogP contribution in [0.25, 0.3) is 0 Å². The van der Waals surface area contributed by atoms with E-state index < -0.39 is 17.7 Å². The minimum atomic E-state index is -4.46. The van der Waals surface area contributed by atoms with Crippen molar-refractivity contribution in [2.75, 3.05) is 10.6 Å². The molecule has 3 aromatic rings. The lowest BCUT2D eigenvalue weighted by atomic mass is 10.1. The second-order valence-electron chi connectivity index (χ2n) is 6.15. The number of thiophene rings is 1. The van der Waals surface area contributed by atoms with Gasteiger partial charge in [-0.25, -0.2) is 4.98 Å². The summed E-state index contributed by atoms with van der Waals surface area (Å²) in [5.41, 5.74) is -0.194. The van der Waals surface area contributed by atoms with Crippen LogP contribution < -0.4 is 10.6 Å². The summed E-state index contributed by atoms with van der Waals surface area (Å²) >= 11 is 2.35. The third kappa shape index (κ3) is 5.80. The second-order valence-corrected chi connectivity index (χ2v) is 8.18. The van der Waals surface area contributed by atoms with E-state index in [0.29, 0.717) is 20.6 Å². The van der Waals surface area contributed by atoms with Gasteiger partial charge in [-0.15, -0.1) is 22.7 Å². The van der Waals surface area contributed by atoms with E-state index in [2.05, 4.69) is 15.6 Å². The fraction of sp³-hybridized carbons (Fsp3) is 0.211. The molecule has 0 spiro atoms. The number of carboxylic acids is 1. The third-order valence-corrected chi connectivity index (χ3v) is 5.83. The van der Waals surface area contributed by atoms with Gasteiger partial charge >= 0.3 is 12.1 Å². The van der Waals surface area contributed by atoms with Crippen molar-refractivity contribution < 1.29 is 27.9 Å². The number of rotatable bonds is 8. The van der Waals surface area contributed by atoms with Gasteiger partial charge in [0.25, 0.3) is 5.91 Å². The Morgan fingerprint density at radius 1 is 1.13 bits per heavy atom. The highest BCUT2D eigenvalue weighted by molar-refractivity contribution is 7.15. The van der Waals surface area contributed by atoms with Crippen molar-refractivity contribution in [2.24, 2.45) is 0 Å². The van der Waals surface area contributed by atoms with Crippen molar-refractivity contribution in [3.05, 3.63) is 62.8 Å². The molecule has 0 unspecified atom stereocenters. The first-order chi connectivity index (χ1) is 14.2. The van der Waals surface area contributed by atoms with E-state index >= 15 is 0 Å². The van der Waals surface area contributed by atoms with Gasteiger partial charge in [0.2, 0.25) is 0 Å². The number of alkyl halides is 3. The first-order valence-corrected chi connectivity index (χ1v) is 10.4. The molecule has 1 amide bonds. The Hall–Kier alpha value is -2.92. The Kier molecular flexibility index (Phi) is 6.73. The van der Waals surface area contributed by atoms with Crippen molar-refractivity contribution >= 4 is 45.4 Å². The van der Waals surface area contributed by atoms with Gasteiger partial charge in [0.15, 0.2) is 5.13 Å². The lowest BCUT2D eigenvalue weighted by Gasteiger charge is -2.13.